The lowest BCUT2D eigenvalue weighted by Gasteiger charge is -2.21. The molecule has 0 radical (unpaired) electrons. The standard InChI is InChI=1S/C22H26N2O4/c1-24(13-14-26-18-7-3-2-4-8-18)16-21(25)23-17-9-10-19-20(15-17)28-22(27-19)11-5-6-12-22/h2-4,7-10,15H,5-6,11-14,16H2,1H3,(H,23,25). The second-order valence-corrected chi connectivity index (χ2v) is 7.43. The number of nitrogens with zero attached hydrogens (tertiary/aromatic N) is 1. The van der Waals surface area contributed by atoms with Crippen molar-refractivity contribution < 1.29 is 19.0 Å². The normalized spacial score (nSPS) is 16.5. The molecular weight excluding hydrogens is 356 g/mol. The molecule has 6 heteroatoms. The molecule has 0 saturated heterocycles. The molecule has 1 saturated carbocycles. The van der Waals surface area contributed by atoms with Crippen LogP contribution in [0.4, 0.5) is 5.69 Å². The van der Waals surface area contributed by atoms with Crippen molar-refractivity contribution in [2.75, 3.05) is 32.1 Å². The van der Waals surface area contributed by atoms with Gasteiger partial charge in [0.1, 0.15) is 12.4 Å². The van der Waals surface area contributed by atoms with Gasteiger partial charge in [-0.1, -0.05) is 18.2 Å². The van der Waals surface area contributed by atoms with Crippen LogP contribution < -0.4 is 19.5 Å². The average molecular weight is 382 g/mol. The van der Waals surface area contributed by atoms with Crippen LogP contribution in [0.15, 0.2) is 48.5 Å². The molecule has 1 spiro atoms. The Morgan fingerprint density at radius 2 is 1.86 bits per heavy atom. The van der Waals surface area contributed by atoms with E-state index in [2.05, 4.69) is 5.32 Å². The number of fused-ring (bicyclic) bond motifs is 1. The van der Waals surface area contributed by atoms with Crippen LogP contribution in [-0.2, 0) is 4.79 Å². The zero-order valence-electron chi connectivity index (χ0n) is 16.1. The Balaban J connectivity index is 1.24. The molecule has 1 amide bonds. The third-order valence-corrected chi connectivity index (χ3v) is 5.08. The van der Waals surface area contributed by atoms with Crippen molar-refractivity contribution in [3.63, 3.8) is 0 Å². The Labute approximate surface area is 165 Å². The number of para-hydroxylation sites is 1. The van der Waals surface area contributed by atoms with Crippen molar-refractivity contribution in [1.82, 2.24) is 4.90 Å². The smallest absolute Gasteiger partial charge is 0.251 e. The quantitative estimate of drug-likeness (QED) is 0.792. The Morgan fingerprint density at radius 1 is 1.11 bits per heavy atom. The van der Waals surface area contributed by atoms with Gasteiger partial charge >= 0.3 is 0 Å². The van der Waals surface area contributed by atoms with Crippen LogP contribution in [0.1, 0.15) is 25.7 Å². The number of carbonyl (C=O) groups is 1. The molecule has 2 aliphatic rings. The van der Waals surface area contributed by atoms with Crippen LogP contribution >= 0.6 is 0 Å². The van der Waals surface area contributed by atoms with Crippen molar-refractivity contribution >= 4 is 11.6 Å². The minimum atomic E-state index is -0.482. The summed E-state index contributed by atoms with van der Waals surface area (Å²) in [6.07, 6.45) is 4.08. The lowest BCUT2D eigenvalue weighted by Crippen LogP contribution is -2.34. The molecule has 0 atom stereocenters. The van der Waals surface area contributed by atoms with Gasteiger partial charge in [-0.2, -0.15) is 0 Å². The number of likely N-dealkylation sites (N-methyl/N-ethyl adjacent to an activating group) is 1. The van der Waals surface area contributed by atoms with E-state index in [1.807, 2.05) is 60.5 Å². The first kappa shape index (κ1) is 18.6. The highest BCUT2D eigenvalue weighted by molar-refractivity contribution is 5.92. The van der Waals surface area contributed by atoms with Gasteiger partial charge in [0.25, 0.3) is 5.79 Å². The van der Waals surface area contributed by atoms with E-state index < -0.39 is 5.79 Å². The first-order valence-corrected chi connectivity index (χ1v) is 9.80. The van der Waals surface area contributed by atoms with Gasteiger partial charge < -0.3 is 19.5 Å². The molecule has 0 aromatic heterocycles. The Bertz CT molecular complexity index is 819. The SMILES string of the molecule is CN(CCOc1ccccc1)CC(=O)Nc1ccc2c(c1)OC1(CCCC1)O2. The maximum atomic E-state index is 12.3. The third kappa shape index (κ3) is 4.39. The fraction of sp³-hybridized carbons (Fsp3) is 0.409. The van der Waals surface area contributed by atoms with E-state index in [1.54, 1.807) is 0 Å². The summed E-state index contributed by atoms with van der Waals surface area (Å²) in [4.78, 5) is 14.3. The zero-order valence-corrected chi connectivity index (χ0v) is 16.1. The molecule has 4 rings (SSSR count). The summed E-state index contributed by atoms with van der Waals surface area (Å²) in [5.74, 6) is 1.75. The van der Waals surface area contributed by atoms with Gasteiger partial charge in [0.15, 0.2) is 11.5 Å². The Kier molecular flexibility index (Phi) is 5.39. The maximum absolute atomic E-state index is 12.3. The number of amides is 1. The molecule has 6 nitrogen and oxygen atoms in total. The van der Waals surface area contributed by atoms with Crippen molar-refractivity contribution in [3.05, 3.63) is 48.5 Å². The predicted molar refractivity (Wildman–Crippen MR) is 107 cm³/mol. The minimum Gasteiger partial charge on any atom is -0.492 e. The highest BCUT2D eigenvalue weighted by Crippen LogP contribution is 2.47. The molecule has 1 heterocycles. The number of ether oxygens (including phenoxy) is 3. The number of hydrogen-bond acceptors (Lipinski definition) is 5. The maximum Gasteiger partial charge on any atom is 0.251 e. The second-order valence-electron chi connectivity index (χ2n) is 7.43. The van der Waals surface area contributed by atoms with Crippen LogP contribution in [0.25, 0.3) is 0 Å². The summed E-state index contributed by atoms with van der Waals surface area (Å²) in [5, 5.41) is 2.93. The Hall–Kier alpha value is -2.73. The van der Waals surface area contributed by atoms with Crippen molar-refractivity contribution in [2.24, 2.45) is 0 Å². The molecule has 1 fully saturated rings. The van der Waals surface area contributed by atoms with Gasteiger partial charge in [0.05, 0.1) is 6.54 Å². The van der Waals surface area contributed by atoms with Crippen LogP contribution in [0.5, 0.6) is 17.2 Å². The lowest BCUT2D eigenvalue weighted by molar-refractivity contribution is -0.117. The topological polar surface area (TPSA) is 60.0 Å². The van der Waals surface area contributed by atoms with Gasteiger partial charge in [-0.05, 0) is 44.2 Å². The largest absolute Gasteiger partial charge is 0.492 e. The Morgan fingerprint density at radius 3 is 2.64 bits per heavy atom. The summed E-state index contributed by atoms with van der Waals surface area (Å²) < 4.78 is 17.7. The lowest BCUT2D eigenvalue weighted by atomic mass is 10.2. The van der Waals surface area contributed by atoms with Gasteiger partial charge in [0.2, 0.25) is 5.91 Å². The number of nitrogens with one attached hydrogen (secondary N) is 1. The van der Waals surface area contributed by atoms with E-state index in [4.69, 9.17) is 14.2 Å². The fourth-order valence-electron chi connectivity index (χ4n) is 3.65. The number of hydrogen-bond donors (Lipinski definition) is 1. The molecule has 2 aromatic carbocycles. The van der Waals surface area contributed by atoms with Crippen LogP contribution in [0.2, 0.25) is 0 Å². The fourth-order valence-corrected chi connectivity index (χ4v) is 3.65. The van der Waals surface area contributed by atoms with E-state index in [-0.39, 0.29) is 12.5 Å². The predicted octanol–water partition coefficient (Wildman–Crippen LogP) is 3.68. The van der Waals surface area contributed by atoms with Gasteiger partial charge in [-0.25, -0.2) is 0 Å². The molecule has 148 valence electrons. The second kappa shape index (κ2) is 8.10. The zero-order chi connectivity index (χ0) is 19.4. The number of carbonyl (C=O) groups excluding carboxylic acids is 1. The van der Waals surface area contributed by atoms with Crippen LogP contribution in [-0.4, -0.2) is 43.3 Å². The van der Waals surface area contributed by atoms with Gasteiger partial charge in [-0.3, -0.25) is 9.69 Å². The molecule has 0 bridgehead atoms. The number of benzene rings is 2. The van der Waals surface area contributed by atoms with Gasteiger partial charge in [0, 0.05) is 31.1 Å². The van der Waals surface area contributed by atoms with E-state index in [1.165, 1.54) is 0 Å². The molecule has 0 unspecified atom stereocenters. The molecule has 28 heavy (non-hydrogen) atoms. The molecule has 2 aromatic rings. The molecular formula is C22H26N2O4. The van der Waals surface area contributed by atoms with E-state index in [9.17, 15) is 4.79 Å². The first-order chi connectivity index (χ1) is 13.6. The molecule has 1 aliphatic heterocycles. The highest BCUT2D eigenvalue weighted by atomic mass is 16.7. The van der Waals surface area contributed by atoms with Crippen LogP contribution in [0.3, 0.4) is 0 Å². The van der Waals surface area contributed by atoms with E-state index in [0.717, 1.165) is 42.9 Å². The summed E-state index contributed by atoms with van der Waals surface area (Å²) in [6.45, 7) is 1.47. The average Bonchev–Trinajstić information content (AvgIpc) is 3.28. The summed E-state index contributed by atoms with van der Waals surface area (Å²) in [7, 11) is 1.90. The first-order valence-electron chi connectivity index (χ1n) is 9.80. The molecule has 1 aliphatic carbocycles. The summed E-state index contributed by atoms with van der Waals surface area (Å²) in [6, 6.07) is 15.2. The van der Waals surface area contributed by atoms with Crippen molar-refractivity contribution in [2.45, 2.75) is 31.5 Å². The number of rotatable bonds is 7. The summed E-state index contributed by atoms with van der Waals surface area (Å²) >= 11 is 0. The monoisotopic (exact) mass is 382 g/mol. The summed E-state index contributed by atoms with van der Waals surface area (Å²) in [5.41, 5.74) is 0.719. The van der Waals surface area contributed by atoms with Crippen molar-refractivity contribution in [1.29, 1.82) is 0 Å². The number of anilines is 1. The molecule has 1 N–H and O–H groups in total. The highest BCUT2D eigenvalue weighted by Gasteiger charge is 2.44. The van der Waals surface area contributed by atoms with Crippen LogP contribution in [0, 0.1) is 0 Å². The van der Waals surface area contributed by atoms with E-state index in [0.29, 0.717) is 18.9 Å². The van der Waals surface area contributed by atoms with E-state index >= 15 is 0 Å². The minimum absolute atomic E-state index is 0.0725. The van der Waals surface area contributed by atoms with Gasteiger partial charge in [-0.15, -0.1) is 0 Å². The van der Waals surface area contributed by atoms with Crippen molar-refractivity contribution in [3.8, 4) is 17.2 Å². The third-order valence-electron chi connectivity index (χ3n) is 5.08.